The van der Waals surface area contributed by atoms with Gasteiger partial charge >= 0.3 is 0 Å². The molecule has 0 radical (unpaired) electrons. The highest BCUT2D eigenvalue weighted by molar-refractivity contribution is 7.80. The molecule has 0 amide bonds. The van der Waals surface area contributed by atoms with Crippen LogP contribution in [0.5, 0.6) is 0 Å². The third-order valence-corrected chi connectivity index (χ3v) is 2.00. The molecule has 0 atom stereocenters. The Bertz CT molecular complexity index is 330. The first-order valence-corrected chi connectivity index (χ1v) is 5.22. The molecule has 0 bridgehead atoms. The van der Waals surface area contributed by atoms with Crippen LogP contribution in [0.25, 0.3) is 0 Å². The van der Waals surface area contributed by atoms with Crippen LogP contribution in [-0.2, 0) is 4.74 Å². The Balaban J connectivity index is 2.47. The summed E-state index contributed by atoms with van der Waals surface area (Å²) in [6.07, 6.45) is 1.68. The minimum atomic E-state index is 0.309. The molecule has 0 aliphatic carbocycles. The lowest BCUT2D eigenvalue weighted by Crippen LogP contribution is -2.13. The first-order valence-electron chi connectivity index (χ1n) is 4.81. The van der Waals surface area contributed by atoms with Gasteiger partial charge in [0.1, 0.15) is 4.99 Å². The third-order valence-electron chi connectivity index (χ3n) is 1.79. The molecule has 5 heteroatoms. The highest BCUT2D eigenvalue weighted by atomic mass is 32.1. The Labute approximate surface area is 94.8 Å². The van der Waals surface area contributed by atoms with Crippen molar-refractivity contribution >= 4 is 22.9 Å². The monoisotopic (exact) mass is 225 g/mol. The topological polar surface area (TPSA) is 60.2 Å². The zero-order valence-electron chi connectivity index (χ0n) is 8.69. The highest BCUT2D eigenvalue weighted by Crippen LogP contribution is 2.07. The predicted octanol–water partition coefficient (Wildman–Crippen LogP) is 1.16. The molecule has 0 spiro atoms. The second-order valence-electron chi connectivity index (χ2n) is 2.92. The average molecular weight is 225 g/mol. The molecule has 1 aromatic heterocycles. The van der Waals surface area contributed by atoms with Gasteiger partial charge < -0.3 is 15.8 Å². The van der Waals surface area contributed by atoms with E-state index in [1.54, 1.807) is 6.20 Å². The molecule has 4 nitrogen and oxygen atoms in total. The van der Waals surface area contributed by atoms with Crippen LogP contribution in [0.15, 0.2) is 18.3 Å². The number of pyridine rings is 1. The van der Waals surface area contributed by atoms with E-state index in [0.29, 0.717) is 17.3 Å². The van der Waals surface area contributed by atoms with Crippen molar-refractivity contribution < 1.29 is 4.74 Å². The molecule has 0 saturated carbocycles. The Kier molecular flexibility index (Phi) is 5.00. The van der Waals surface area contributed by atoms with Gasteiger partial charge in [-0.1, -0.05) is 12.2 Å². The van der Waals surface area contributed by atoms with Crippen LogP contribution < -0.4 is 11.1 Å². The van der Waals surface area contributed by atoms with E-state index < -0.39 is 0 Å². The van der Waals surface area contributed by atoms with E-state index in [2.05, 4.69) is 10.3 Å². The van der Waals surface area contributed by atoms with E-state index in [1.807, 2.05) is 19.1 Å². The number of rotatable bonds is 6. The maximum atomic E-state index is 5.48. The minimum Gasteiger partial charge on any atom is -0.388 e. The summed E-state index contributed by atoms with van der Waals surface area (Å²) < 4.78 is 5.20. The molecule has 1 rings (SSSR count). The molecule has 82 valence electrons. The van der Waals surface area contributed by atoms with Gasteiger partial charge in [0.2, 0.25) is 0 Å². The Morgan fingerprint density at radius 2 is 2.47 bits per heavy atom. The molecule has 1 heterocycles. The first-order chi connectivity index (χ1) is 7.24. The van der Waals surface area contributed by atoms with Gasteiger partial charge in [-0.15, -0.1) is 0 Å². The van der Waals surface area contributed by atoms with Gasteiger partial charge in [0, 0.05) is 25.0 Å². The summed E-state index contributed by atoms with van der Waals surface area (Å²) in [5.41, 5.74) is 7.06. The molecular weight excluding hydrogens is 210 g/mol. The van der Waals surface area contributed by atoms with Crippen molar-refractivity contribution in [3.8, 4) is 0 Å². The number of hydrogen-bond acceptors (Lipinski definition) is 4. The SMILES string of the molecule is CCOCCNc1ccnc(C(N)=S)c1. The minimum absolute atomic E-state index is 0.309. The number of ether oxygens (including phenoxy) is 1. The van der Waals surface area contributed by atoms with E-state index in [0.717, 1.165) is 18.8 Å². The summed E-state index contributed by atoms with van der Waals surface area (Å²) in [5, 5.41) is 3.19. The predicted molar refractivity (Wildman–Crippen MR) is 65.1 cm³/mol. The molecule has 15 heavy (non-hydrogen) atoms. The van der Waals surface area contributed by atoms with Crippen LogP contribution in [0.4, 0.5) is 5.69 Å². The largest absolute Gasteiger partial charge is 0.388 e. The van der Waals surface area contributed by atoms with Crippen LogP contribution >= 0.6 is 12.2 Å². The van der Waals surface area contributed by atoms with Gasteiger partial charge in [0.25, 0.3) is 0 Å². The Morgan fingerprint density at radius 1 is 1.67 bits per heavy atom. The Morgan fingerprint density at radius 3 is 3.13 bits per heavy atom. The summed E-state index contributed by atoms with van der Waals surface area (Å²) >= 11 is 4.84. The number of anilines is 1. The maximum Gasteiger partial charge on any atom is 0.122 e. The standard InChI is InChI=1S/C10H15N3OS/c1-2-14-6-5-12-8-3-4-13-9(7-8)10(11)15/h3-4,7H,2,5-6H2,1H3,(H2,11,15)(H,12,13). The molecule has 0 saturated heterocycles. The van der Waals surface area contributed by atoms with Crippen molar-refractivity contribution in [2.75, 3.05) is 25.1 Å². The molecule has 0 aliphatic rings. The molecule has 1 aromatic rings. The summed E-state index contributed by atoms with van der Waals surface area (Å²) in [6.45, 7) is 4.14. The highest BCUT2D eigenvalue weighted by Gasteiger charge is 1.98. The fourth-order valence-corrected chi connectivity index (χ4v) is 1.20. The smallest absolute Gasteiger partial charge is 0.122 e. The fourth-order valence-electron chi connectivity index (χ4n) is 1.09. The summed E-state index contributed by atoms with van der Waals surface area (Å²) in [5.74, 6) is 0. The van der Waals surface area contributed by atoms with Crippen molar-refractivity contribution in [2.45, 2.75) is 6.92 Å². The number of nitrogens with zero attached hydrogens (tertiary/aromatic N) is 1. The van der Waals surface area contributed by atoms with Gasteiger partial charge in [-0.05, 0) is 19.1 Å². The third kappa shape index (κ3) is 4.22. The normalized spacial score (nSPS) is 9.93. The van der Waals surface area contributed by atoms with Crippen LogP contribution in [0.2, 0.25) is 0 Å². The second kappa shape index (κ2) is 6.31. The van der Waals surface area contributed by atoms with Crippen molar-refractivity contribution in [2.24, 2.45) is 5.73 Å². The first kappa shape index (κ1) is 11.9. The van der Waals surface area contributed by atoms with Gasteiger partial charge in [-0.25, -0.2) is 0 Å². The average Bonchev–Trinajstić information content (AvgIpc) is 2.25. The second-order valence-corrected chi connectivity index (χ2v) is 3.36. The van der Waals surface area contributed by atoms with Crippen LogP contribution in [0.1, 0.15) is 12.6 Å². The zero-order valence-corrected chi connectivity index (χ0v) is 9.51. The number of nitrogens with one attached hydrogen (secondary N) is 1. The van der Waals surface area contributed by atoms with E-state index in [9.17, 15) is 0 Å². The lowest BCUT2D eigenvalue weighted by molar-refractivity contribution is 0.158. The van der Waals surface area contributed by atoms with E-state index in [-0.39, 0.29) is 0 Å². The van der Waals surface area contributed by atoms with E-state index >= 15 is 0 Å². The number of hydrogen-bond donors (Lipinski definition) is 2. The molecule has 3 N–H and O–H groups in total. The van der Waals surface area contributed by atoms with Gasteiger partial charge in [-0.3, -0.25) is 4.98 Å². The quantitative estimate of drug-likeness (QED) is 0.562. The maximum absolute atomic E-state index is 5.48. The van der Waals surface area contributed by atoms with Crippen molar-refractivity contribution in [3.63, 3.8) is 0 Å². The van der Waals surface area contributed by atoms with Crippen LogP contribution in [0.3, 0.4) is 0 Å². The summed E-state index contributed by atoms with van der Waals surface area (Å²) in [7, 11) is 0. The molecule has 0 aromatic carbocycles. The fraction of sp³-hybridized carbons (Fsp3) is 0.400. The van der Waals surface area contributed by atoms with Crippen molar-refractivity contribution in [3.05, 3.63) is 24.0 Å². The van der Waals surface area contributed by atoms with Crippen molar-refractivity contribution in [1.82, 2.24) is 4.98 Å². The zero-order chi connectivity index (χ0) is 11.1. The van der Waals surface area contributed by atoms with Gasteiger partial charge in [0.05, 0.1) is 12.3 Å². The molecule has 0 unspecified atom stereocenters. The van der Waals surface area contributed by atoms with Gasteiger partial charge in [0.15, 0.2) is 0 Å². The molecule has 0 aliphatic heterocycles. The molecular formula is C10H15N3OS. The van der Waals surface area contributed by atoms with E-state index in [4.69, 9.17) is 22.7 Å². The lowest BCUT2D eigenvalue weighted by Gasteiger charge is -2.07. The summed E-state index contributed by atoms with van der Waals surface area (Å²) in [6, 6.07) is 3.70. The lowest BCUT2D eigenvalue weighted by atomic mass is 10.3. The number of thiocarbonyl (C=S) groups is 1. The van der Waals surface area contributed by atoms with E-state index in [1.165, 1.54) is 0 Å². The Hall–Kier alpha value is -1.20. The van der Waals surface area contributed by atoms with Gasteiger partial charge in [-0.2, -0.15) is 0 Å². The molecule has 0 fully saturated rings. The number of aromatic nitrogens is 1. The number of nitrogens with two attached hydrogens (primary N) is 1. The van der Waals surface area contributed by atoms with Crippen LogP contribution in [-0.4, -0.2) is 29.7 Å². The van der Waals surface area contributed by atoms with Crippen LogP contribution in [0, 0.1) is 0 Å². The summed E-state index contributed by atoms with van der Waals surface area (Å²) in [4.78, 5) is 4.35. The van der Waals surface area contributed by atoms with Crippen molar-refractivity contribution in [1.29, 1.82) is 0 Å².